The summed E-state index contributed by atoms with van der Waals surface area (Å²) in [5.74, 6) is 1.01. The maximum Gasteiger partial charge on any atom is 0.240 e. The third-order valence-corrected chi connectivity index (χ3v) is 1.74. The van der Waals surface area contributed by atoms with E-state index in [9.17, 15) is 4.79 Å². The highest BCUT2D eigenvalue weighted by molar-refractivity contribution is 5.76. The summed E-state index contributed by atoms with van der Waals surface area (Å²) in [6.07, 6.45) is 1.90. The smallest absolute Gasteiger partial charge is 0.240 e. The van der Waals surface area contributed by atoms with Gasteiger partial charge in [0.2, 0.25) is 5.91 Å². The number of rotatable bonds is 0. The Labute approximate surface area is 64.2 Å². The molecule has 4 nitrogen and oxygen atoms in total. The number of nitrogens with zero attached hydrogens (tertiary/aromatic N) is 2. The van der Waals surface area contributed by atoms with Crippen LogP contribution in [0.3, 0.4) is 0 Å². The summed E-state index contributed by atoms with van der Waals surface area (Å²) in [5, 5.41) is 2.73. The van der Waals surface area contributed by atoms with E-state index in [0.29, 0.717) is 13.1 Å². The fourth-order valence-corrected chi connectivity index (χ4v) is 1.26. The number of hydrogen-bond donors (Lipinski definition) is 1. The molecule has 2 heterocycles. The molecule has 0 bridgehead atoms. The number of aromatic nitrogens is 2. The Hall–Kier alpha value is -1.32. The van der Waals surface area contributed by atoms with E-state index in [2.05, 4.69) is 10.3 Å². The molecule has 1 amide bonds. The first-order valence-corrected chi connectivity index (χ1v) is 3.55. The molecular weight excluding hydrogens is 142 g/mol. The predicted molar refractivity (Wildman–Crippen MR) is 38.8 cm³/mol. The van der Waals surface area contributed by atoms with E-state index < -0.39 is 0 Å². The van der Waals surface area contributed by atoms with Gasteiger partial charge >= 0.3 is 0 Å². The van der Waals surface area contributed by atoms with Crippen molar-refractivity contribution in [2.75, 3.05) is 0 Å². The van der Waals surface area contributed by atoms with E-state index in [-0.39, 0.29) is 5.91 Å². The zero-order valence-electron chi connectivity index (χ0n) is 6.29. The van der Waals surface area contributed by atoms with Crippen LogP contribution in [0.25, 0.3) is 0 Å². The normalized spacial score (nSPS) is 15.9. The van der Waals surface area contributed by atoms with Crippen molar-refractivity contribution in [3.63, 3.8) is 0 Å². The second kappa shape index (κ2) is 2.08. The SMILES string of the molecule is Cc1cn2c(n1)CNC(=O)C2. The van der Waals surface area contributed by atoms with Crippen LogP contribution in [0, 0.1) is 6.92 Å². The van der Waals surface area contributed by atoms with E-state index >= 15 is 0 Å². The molecular formula is C7H9N3O. The maximum absolute atomic E-state index is 10.9. The molecule has 0 spiro atoms. The first-order chi connectivity index (χ1) is 5.25. The fourth-order valence-electron chi connectivity index (χ4n) is 1.26. The summed E-state index contributed by atoms with van der Waals surface area (Å²) < 4.78 is 1.88. The van der Waals surface area contributed by atoms with Crippen LogP contribution in [-0.4, -0.2) is 15.5 Å². The van der Waals surface area contributed by atoms with E-state index in [1.807, 2.05) is 17.7 Å². The Balaban J connectivity index is 2.41. The van der Waals surface area contributed by atoms with Crippen LogP contribution < -0.4 is 5.32 Å². The summed E-state index contributed by atoms with van der Waals surface area (Å²) in [6.45, 7) is 2.90. The molecule has 0 aliphatic carbocycles. The molecule has 1 aromatic heterocycles. The van der Waals surface area contributed by atoms with Crippen LogP contribution in [0.4, 0.5) is 0 Å². The molecule has 1 aliphatic heterocycles. The van der Waals surface area contributed by atoms with Crippen LogP contribution >= 0.6 is 0 Å². The van der Waals surface area contributed by atoms with Crippen molar-refractivity contribution in [3.05, 3.63) is 17.7 Å². The molecule has 0 aromatic carbocycles. The van der Waals surface area contributed by atoms with Gasteiger partial charge in [-0.05, 0) is 6.92 Å². The molecule has 0 atom stereocenters. The lowest BCUT2D eigenvalue weighted by Gasteiger charge is -2.13. The zero-order valence-corrected chi connectivity index (χ0v) is 6.29. The zero-order chi connectivity index (χ0) is 7.84. The third kappa shape index (κ3) is 1.00. The van der Waals surface area contributed by atoms with Gasteiger partial charge in [-0.15, -0.1) is 0 Å². The van der Waals surface area contributed by atoms with Gasteiger partial charge in [0, 0.05) is 6.20 Å². The molecule has 2 rings (SSSR count). The lowest BCUT2D eigenvalue weighted by molar-refractivity contribution is -0.122. The second-order valence-corrected chi connectivity index (χ2v) is 2.70. The lowest BCUT2D eigenvalue weighted by atomic mass is 10.4. The van der Waals surface area contributed by atoms with E-state index in [1.54, 1.807) is 0 Å². The summed E-state index contributed by atoms with van der Waals surface area (Å²) in [7, 11) is 0. The number of nitrogens with one attached hydrogen (secondary N) is 1. The Morgan fingerprint density at radius 2 is 2.55 bits per heavy atom. The van der Waals surface area contributed by atoms with Gasteiger partial charge in [0.15, 0.2) is 0 Å². The monoisotopic (exact) mass is 151 g/mol. The molecule has 1 aliphatic rings. The number of fused-ring (bicyclic) bond motifs is 1. The molecule has 4 heteroatoms. The molecule has 1 N–H and O–H groups in total. The van der Waals surface area contributed by atoms with Crippen LogP contribution in [0.15, 0.2) is 6.20 Å². The number of amides is 1. The second-order valence-electron chi connectivity index (χ2n) is 2.70. The minimum absolute atomic E-state index is 0.0647. The highest BCUT2D eigenvalue weighted by Crippen LogP contribution is 2.05. The molecule has 11 heavy (non-hydrogen) atoms. The predicted octanol–water partition coefficient (Wildman–Crippen LogP) is -0.179. The van der Waals surface area contributed by atoms with Crippen LogP contribution in [0.1, 0.15) is 11.5 Å². The quantitative estimate of drug-likeness (QED) is 0.559. The summed E-state index contributed by atoms with van der Waals surface area (Å²) in [6, 6.07) is 0. The average Bonchev–Trinajstić information content (AvgIpc) is 2.27. The van der Waals surface area contributed by atoms with Crippen molar-refractivity contribution in [1.29, 1.82) is 0 Å². The van der Waals surface area contributed by atoms with E-state index in [4.69, 9.17) is 0 Å². The van der Waals surface area contributed by atoms with Gasteiger partial charge < -0.3 is 9.88 Å². The van der Waals surface area contributed by atoms with E-state index in [1.165, 1.54) is 0 Å². The molecule has 0 fully saturated rings. The molecule has 58 valence electrons. The molecule has 0 saturated heterocycles. The van der Waals surface area contributed by atoms with Gasteiger partial charge in [-0.25, -0.2) is 4.98 Å². The van der Waals surface area contributed by atoms with Gasteiger partial charge in [-0.1, -0.05) is 0 Å². The maximum atomic E-state index is 10.9. The van der Waals surface area contributed by atoms with Gasteiger partial charge in [0.25, 0.3) is 0 Å². The Morgan fingerprint density at radius 3 is 3.36 bits per heavy atom. The molecule has 1 aromatic rings. The lowest BCUT2D eigenvalue weighted by Crippen LogP contribution is -2.33. The number of carbonyl (C=O) groups excluding carboxylic acids is 1. The molecule has 0 radical (unpaired) electrons. The largest absolute Gasteiger partial charge is 0.347 e. The highest BCUT2D eigenvalue weighted by Gasteiger charge is 2.14. The first kappa shape index (κ1) is 6.39. The molecule has 0 saturated carbocycles. The standard InChI is InChI=1S/C7H9N3O/c1-5-3-10-4-7(11)8-2-6(10)9-5/h3H,2,4H2,1H3,(H,8,11). The summed E-state index contributed by atoms with van der Waals surface area (Å²) >= 11 is 0. The number of hydrogen-bond acceptors (Lipinski definition) is 2. The Morgan fingerprint density at radius 1 is 1.73 bits per heavy atom. The minimum atomic E-state index is 0.0647. The van der Waals surface area contributed by atoms with Crippen molar-refractivity contribution >= 4 is 5.91 Å². The number of carbonyl (C=O) groups is 1. The minimum Gasteiger partial charge on any atom is -0.347 e. The number of aryl methyl sites for hydroxylation is 1. The van der Waals surface area contributed by atoms with Crippen LogP contribution in [0.2, 0.25) is 0 Å². The van der Waals surface area contributed by atoms with Crippen LogP contribution in [0.5, 0.6) is 0 Å². The molecule has 0 unspecified atom stereocenters. The summed E-state index contributed by atoms with van der Waals surface area (Å²) in [4.78, 5) is 15.1. The van der Waals surface area contributed by atoms with Gasteiger partial charge in [0.05, 0.1) is 12.2 Å². The Kier molecular flexibility index (Phi) is 1.21. The van der Waals surface area contributed by atoms with Crippen molar-refractivity contribution in [2.24, 2.45) is 0 Å². The van der Waals surface area contributed by atoms with Crippen molar-refractivity contribution in [2.45, 2.75) is 20.0 Å². The highest BCUT2D eigenvalue weighted by atomic mass is 16.2. The topological polar surface area (TPSA) is 46.9 Å². The number of imidazole rings is 1. The summed E-state index contributed by atoms with van der Waals surface area (Å²) in [5.41, 5.74) is 0.969. The van der Waals surface area contributed by atoms with Crippen molar-refractivity contribution in [1.82, 2.24) is 14.9 Å². The van der Waals surface area contributed by atoms with Crippen molar-refractivity contribution in [3.8, 4) is 0 Å². The van der Waals surface area contributed by atoms with Crippen molar-refractivity contribution < 1.29 is 4.79 Å². The van der Waals surface area contributed by atoms with Crippen LogP contribution in [-0.2, 0) is 17.9 Å². The third-order valence-electron chi connectivity index (χ3n) is 1.74. The average molecular weight is 151 g/mol. The van der Waals surface area contributed by atoms with Gasteiger partial charge in [-0.2, -0.15) is 0 Å². The Bertz CT molecular complexity index is 303. The first-order valence-electron chi connectivity index (χ1n) is 3.55. The van der Waals surface area contributed by atoms with E-state index in [0.717, 1.165) is 11.5 Å². The van der Waals surface area contributed by atoms with Gasteiger partial charge in [-0.3, -0.25) is 4.79 Å². The fraction of sp³-hybridized carbons (Fsp3) is 0.429. The van der Waals surface area contributed by atoms with Gasteiger partial charge in [0.1, 0.15) is 12.4 Å².